The van der Waals surface area contributed by atoms with Crippen LogP contribution in [0, 0.1) is 5.82 Å². The van der Waals surface area contributed by atoms with E-state index in [9.17, 15) is 17.6 Å². The van der Waals surface area contributed by atoms with E-state index in [-0.39, 0.29) is 22.7 Å². The molecule has 1 amide bonds. The molecule has 5 nitrogen and oxygen atoms in total. The number of benzene rings is 2. The van der Waals surface area contributed by atoms with Crippen LogP contribution in [0.2, 0.25) is 0 Å². The highest BCUT2D eigenvalue weighted by Gasteiger charge is 2.21. The van der Waals surface area contributed by atoms with Crippen molar-refractivity contribution >= 4 is 27.3 Å². The van der Waals surface area contributed by atoms with Crippen LogP contribution in [-0.2, 0) is 10.0 Å². The van der Waals surface area contributed by atoms with Gasteiger partial charge in [0.1, 0.15) is 5.82 Å². The summed E-state index contributed by atoms with van der Waals surface area (Å²) < 4.78 is 36.7. The molecule has 0 aliphatic heterocycles. The van der Waals surface area contributed by atoms with Gasteiger partial charge in [-0.2, -0.15) is 0 Å². The Bertz CT molecular complexity index is 1110. The molecule has 0 radical (unpaired) electrons. The van der Waals surface area contributed by atoms with Crippen molar-refractivity contribution in [3.05, 3.63) is 76.9 Å². The molecule has 146 valence electrons. The first kappa shape index (κ1) is 20.2. The molecule has 1 heterocycles. The second kappa shape index (κ2) is 7.83. The first-order chi connectivity index (χ1) is 13.2. The van der Waals surface area contributed by atoms with Gasteiger partial charge in [-0.05, 0) is 42.8 Å². The molecule has 3 aromatic rings. The number of amides is 1. The van der Waals surface area contributed by atoms with E-state index in [4.69, 9.17) is 5.14 Å². The van der Waals surface area contributed by atoms with Gasteiger partial charge in [-0.1, -0.05) is 30.3 Å². The van der Waals surface area contributed by atoms with E-state index < -0.39 is 10.0 Å². The number of hydrogen-bond donors (Lipinski definition) is 1. The molecule has 2 aromatic carbocycles. The zero-order valence-corrected chi connectivity index (χ0v) is 16.9. The van der Waals surface area contributed by atoms with Crippen LogP contribution in [0.3, 0.4) is 0 Å². The zero-order chi connectivity index (χ0) is 20.5. The molecular weight excluding hydrogens is 399 g/mol. The molecule has 0 fully saturated rings. The summed E-state index contributed by atoms with van der Waals surface area (Å²) in [5, 5.41) is 5.11. The fraction of sp³-hybridized carbons (Fsp3) is 0.150. The maximum Gasteiger partial charge on any atom is 0.264 e. The van der Waals surface area contributed by atoms with Crippen LogP contribution in [-0.4, -0.2) is 26.3 Å². The van der Waals surface area contributed by atoms with Crippen LogP contribution in [0.25, 0.3) is 10.4 Å². The molecule has 0 aliphatic rings. The van der Waals surface area contributed by atoms with E-state index in [1.54, 1.807) is 54.4 Å². The number of thiophene rings is 1. The van der Waals surface area contributed by atoms with Crippen LogP contribution in [0.5, 0.6) is 0 Å². The fourth-order valence-corrected chi connectivity index (χ4v) is 4.30. The number of primary sulfonamides is 1. The van der Waals surface area contributed by atoms with Gasteiger partial charge in [0.2, 0.25) is 10.0 Å². The van der Waals surface area contributed by atoms with Gasteiger partial charge in [-0.25, -0.2) is 17.9 Å². The number of carbonyl (C=O) groups excluding carboxylic acids is 1. The predicted molar refractivity (Wildman–Crippen MR) is 108 cm³/mol. The number of nitrogens with two attached hydrogens (primary N) is 1. The zero-order valence-electron chi connectivity index (χ0n) is 15.3. The highest BCUT2D eigenvalue weighted by Crippen LogP contribution is 2.31. The molecule has 1 aromatic heterocycles. The summed E-state index contributed by atoms with van der Waals surface area (Å²) in [5.74, 6) is -0.532. The number of nitrogens with zero attached hydrogens (tertiary/aromatic N) is 1. The molecular formula is C20H19FN2O3S2. The lowest BCUT2D eigenvalue weighted by molar-refractivity contribution is 0.0747. The van der Waals surface area contributed by atoms with Gasteiger partial charge in [-0.15, -0.1) is 11.3 Å². The molecule has 0 spiro atoms. The minimum absolute atomic E-state index is 0.0187. The van der Waals surface area contributed by atoms with Gasteiger partial charge in [0.15, 0.2) is 0 Å². The van der Waals surface area contributed by atoms with Crippen molar-refractivity contribution in [1.29, 1.82) is 0 Å². The van der Waals surface area contributed by atoms with E-state index >= 15 is 0 Å². The summed E-state index contributed by atoms with van der Waals surface area (Å²) in [7, 11) is -2.09. The minimum Gasteiger partial charge on any atom is -0.334 e. The molecule has 28 heavy (non-hydrogen) atoms. The third kappa shape index (κ3) is 4.14. The maximum absolute atomic E-state index is 14.0. The van der Waals surface area contributed by atoms with Crippen molar-refractivity contribution in [1.82, 2.24) is 4.90 Å². The van der Waals surface area contributed by atoms with Crippen LogP contribution >= 0.6 is 11.3 Å². The Morgan fingerprint density at radius 3 is 2.32 bits per heavy atom. The van der Waals surface area contributed by atoms with Gasteiger partial charge in [-0.3, -0.25) is 4.79 Å². The average Bonchev–Trinajstić information content (AvgIpc) is 3.16. The highest BCUT2D eigenvalue weighted by molar-refractivity contribution is 7.89. The molecule has 8 heteroatoms. The number of hydrogen-bond acceptors (Lipinski definition) is 4. The van der Waals surface area contributed by atoms with Gasteiger partial charge in [0.05, 0.1) is 15.8 Å². The van der Waals surface area contributed by atoms with Gasteiger partial charge in [0.25, 0.3) is 5.91 Å². The molecule has 3 rings (SSSR count). The van der Waals surface area contributed by atoms with Crippen LogP contribution in [0.1, 0.15) is 28.2 Å². The van der Waals surface area contributed by atoms with E-state index in [0.29, 0.717) is 15.3 Å². The molecule has 0 bridgehead atoms. The molecule has 1 atom stereocenters. The highest BCUT2D eigenvalue weighted by atomic mass is 32.2. The average molecular weight is 419 g/mol. The Balaban J connectivity index is 1.80. The van der Waals surface area contributed by atoms with Crippen LogP contribution in [0.4, 0.5) is 4.39 Å². The van der Waals surface area contributed by atoms with E-state index in [2.05, 4.69) is 0 Å². The lowest BCUT2D eigenvalue weighted by atomic mass is 10.1. The number of rotatable bonds is 5. The number of halogens is 1. The maximum atomic E-state index is 14.0. The molecule has 1 unspecified atom stereocenters. The summed E-state index contributed by atoms with van der Waals surface area (Å²) in [4.78, 5) is 15.6. The predicted octanol–water partition coefficient (Wildman–Crippen LogP) is 4.03. The first-order valence-electron chi connectivity index (χ1n) is 8.43. The summed E-state index contributed by atoms with van der Waals surface area (Å²) >= 11 is 1.23. The molecule has 0 saturated carbocycles. The second-order valence-electron chi connectivity index (χ2n) is 6.35. The van der Waals surface area contributed by atoms with Gasteiger partial charge in [0, 0.05) is 17.5 Å². The van der Waals surface area contributed by atoms with Crippen LogP contribution in [0.15, 0.2) is 65.6 Å². The molecule has 0 aliphatic carbocycles. The second-order valence-corrected chi connectivity index (χ2v) is 9.00. The normalized spacial score (nSPS) is 12.6. The topological polar surface area (TPSA) is 80.5 Å². The van der Waals surface area contributed by atoms with Crippen molar-refractivity contribution in [3.63, 3.8) is 0 Å². The third-order valence-corrected chi connectivity index (χ3v) is 6.58. The Hall–Kier alpha value is -2.55. The SMILES string of the molecule is CC(c1ccc(S(N)(=O)=O)cc1)N(C)C(=O)c1ccc(-c2ccccc2F)s1. The Morgan fingerprint density at radius 1 is 1.07 bits per heavy atom. The molecule has 0 saturated heterocycles. The Morgan fingerprint density at radius 2 is 1.71 bits per heavy atom. The fourth-order valence-electron chi connectivity index (χ4n) is 2.77. The smallest absolute Gasteiger partial charge is 0.264 e. The van der Waals surface area contributed by atoms with Crippen molar-refractivity contribution in [3.8, 4) is 10.4 Å². The minimum atomic E-state index is -3.76. The Labute approximate surface area is 167 Å². The third-order valence-electron chi connectivity index (χ3n) is 4.55. The monoisotopic (exact) mass is 418 g/mol. The van der Waals surface area contributed by atoms with Crippen LogP contribution < -0.4 is 5.14 Å². The van der Waals surface area contributed by atoms with Crippen molar-refractivity contribution in [2.75, 3.05) is 7.05 Å². The quantitative estimate of drug-likeness (QED) is 0.679. The number of sulfonamides is 1. The van der Waals surface area contributed by atoms with Crippen molar-refractivity contribution < 1.29 is 17.6 Å². The largest absolute Gasteiger partial charge is 0.334 e. The van der Waals surface area contributed by atoms with E-state index in [0.717, 1.165) is 5.56 Å². The lowest BCUT2D eigenvalue weighted by Crippen LogP contribution is -2.29. The standard InChI is InChI=1S/C20H19FN2O3S2/c1-13(14-7-9-15(10-8-14)28(22,25)26)23(2)20(24)19-12-11-18(27-19)16-5-3-4-6-17(16)21/h3-13H,1-2H3,(H2,22,25,26). The van der Waals surface area contributed by atoms with Crippen molar-refractivity contribution in [2.45, 2.75) is 17.9 Å². The van der Waals surface area contributed by atoms with E-state index in [1.807, 2.05) is 6.92 Å². The molecule has 2 N–H and O–H groups in total. The van der Waals surface area contributed by atoms with Crippen molar-refractivity contribution in [2.24, 2.45) is 5.14 Å². The van der Waals surface area contributed by atoms with E-state index in [1.165, 1.54) is 29.5 Å². The number of carbonyl (C=O) groups is 1. The summed E-state index contributed by atoms with van der Waals surface area (Å²) in [6, 6.07) is 15.7. The first-order valence-corrected chi connectivity index (χ1v) is 10.8. The Kier molecular flexibility index (Phi) is 5.64. The van der Waals surface area contributed by atoms with Gasteiger partial charge >= 0.3 is 0 Å². The lowest BCUT2D eigenvalue weighted by Gasteiger charge is -2.25. The summed E-state index contributed by atoms with van der Waals surface area (Å²) in [6.45, 7) is 1.84. The van der Waals surface area contributed by atoms with Gasteiger partial charge < -0.3 is 4.90 Å². The summed E-state index contributed by atoms with van der Waals surface area (Å²) in [5.41, 5.74) is 1.23. The summed E-state index contributed by atoms with van der Waals surface area (Å²) in [6.07, 6.45) is 0.